The molecule has 16 heavy (non-hydrogen) atoms. The largest absolute Gasteiger partial charge is 0.319 e. The van der Waals surface area contributed by atoms with E-state index in [1.807, 2.05) is 18.4 Å². The monoisotopic (exact) mass is 256 g/mol. The Morgan fingerprint density at radius 2 is 2.44 bits per heavy atom. The van der Waals surface area contributed by atoms with Crippen molar-refractivity contribution in [1.82, 2.24) is 10.3 Å². The number of rotatable bonds is 5. The highest BCUT2D eigenvalue weighted by atomic mass is 32.2. The van der Waals surface area contributed by atoms with Gasteiger partial charge in [0.05, 0.1) is 10.7 Å². The molecule has 2 nitrogen and oxygen atoms in total. The molecular formula is C12H20N2S2. The van der Waals surface area contributed by atoms with Crippen LogP contribution in [0.1, 0.15) is 30.0 Å². The molecule has 90 valence electrons. The van der Waals surface area contributed by atoms with Gasteiger partial charge in [-0.2, -0.15) is 11.8 Å². The number of aromatic nitrogens is 1. The summed E-state index contributed by atoms with van der Waals surface area (Å²) >= 11 is 3.98. The van der Waals surface area contributed by atoms with Crippen molar-refractivity contribution in [2.45, 2.75) is 37.4 Å². The molecule has 1 aliphatic rings. The van der Waals surface area contributed by atoms with Crippen LogP contribution >= 0.6 is 23.1 Å². The van der Waals surface area contributed by atoms with Gasteiger partial charge in [0, 0.05) is 30.0 Å². The van der Waals surface area contributed by atoms with Gasteiger partial charge in [-0.3, -0.25) is 0 Å². The molecule has 1 saturated heterocycles. The van der Waals surface area contributed by atoms with E-state index in [4.69, 9.17) is 4.98 Å². The molecule has 2 rings (SSSR count). The molecule has 0 radical (unpaired) electrons. The summed E-state index contributed by atoms with van der Waals surface area (Å²) in [4.78, 5) is 4.71. The molecule has 1 unspecified atom stereocenters. The number of hydrogen-bond donors (Lipinski definition) is 1. The van der Waals surface area contributed by atoms with Crippen LogP contribution in [-0.4, -0.2) is 29.6 Å². The second-order valence-corrected chi connectivity index (χ2v) is 6.63. The summed E-state index contributed by atoms with van der Waals surface area (Å²) < 4.78 is 0. The zero-order chi connectivity index (χ0) is 11.2. The Bertz CT molecular complexity index is 306. The quantitative estimate of drug-likeness (QED) is 0.877. The maximum Gasteiger partial charge on any atom is 0.0939 e. The lowest BCUT2D eigenvalue weighted by molar-refractivity contribution is 0.658. The normalized spacial score (nSPS) is 21.2. The second-order valence-electron chi connectivity index (χ2n) is 4.28. The molecule has 0 bridgehead atoms. The minimum atomic E-state index is 0.831. The summed E-state index contributed by atoms with van der Waals surface area (Å²) in [6.07, 6.45) is 6.46. The number of likely N-dealkylation sites (N-methyl/N-ethyl adjacent to an activating group) is 1. The topological polar surface area (TPSA) is 24.9 Å². The molecule has 1 fully saturated rings. The van der Waals surface area contributed by atoms with E-state index in [1.54, 1.807) is 0 Å². The molecule has 0 saturated carbocycles. The highest BCUT2D eigenvalue weighted by Gasteiger charge is 2.15. The Morgan fingerprint density at radius 1 is 1.50 bits per heavy atom. The maximum absolute atomic E-state index is 4.71. The fourth-order valence-corrected chi connectivity index (χ4v) is 4.30. The van der Waals surface area contributed by atoms with Crippen molar-refractivity contribution in [3.8, 4) is 0 Å². The van der Waals surface area contributed by atoms with Crippen LogP contribution in [0.3, 0.4) is 0 Å². The van der Waals surface area contributed by atoms with Crippen molar-refractivity contribution in [2.24, 2.45) is 0 Å². The molecule has 0 aromatic carbocycles. The second kappa shape index (κ2) is 6.62. The molecule has 1 N–H and O–H groups in total. The summed E-state index contributed by atoms with van der Waals surface area (Å²) in [7, 11) is 1.99. The summed E-state index contributed by atoms with van der Waals surface area (Å²) in [6, 6.07) is 0. The first-order valence-corrected chi connectivity index (χ1v) is 8.01. The van der Waals surface area contributed by atoms with E-state index < -0.39 is 0 Å². The molecular weight excluding hydrogens is 236 g/mol. The molecule has 1 aromatic rings. The van der Waals surface area contributed by atoms with Crippen molar-refractivity contribution in [1.29, 1.82) is 0 Å². The lowest BCUT2D eigenvalue weighted by Crippen LogP contribution is -2.13. The highest BCUT2D eigenvalue weighted by molar-refractivity contribution is 7.99. The van der Waals surface area contributed by atoms with Crippen LogP contribution in [-0.2, 0) is 12.8 Å². The predicted octanol–water partition coefficient (Wildman–Crippen LogP) is 2.73. The van der Waals surface area contributed by atoms with Crippen LogP contribution < -0.4 is 5.32 Å². The molecule has 1 aliphatic heterocycles. The fraction of sp³-hybridized carbons (Fsp3) is 0.750. The van der Waals surface area contributed by atoms with Gasteiger partial charge >= 0.3 is 0 Å². The highest BCUT2D eigenvalue weighted by Crippen LogP contribution is 2.28. The number of nitrogens with zero attached hydrogens (tertiary/aromatic N) is 1. The molecule has 0 aliphatic carbocycles. The van der Waals surface area contributed by atoms with E-state index in [-0.39, 0.29) is 0 Å². The fourth-order valence-electron chi connectivity index (χ4n) is 1.97. The Balaban J connectivity index is 1.81. The van der Waals surface area contributed by atoms with Crippen LogP contribution in [0.15, 0.2) is 5.38 Å². The first-order valence-electron chi connectivity index (χ1n) is 6.08. The van der Waals surface area contributed by atoms with Gasteiger partial charge in [-0.05, 0) is 25.6 Å². The van der Waals surface area contributed by atoms with Crippen LogP contribution in [0, 0.1) is 0 Å². The average Bonchev–Trinajstić information content (AvgIpc) is 2.75. The minimum absolute atomic E-state index is 0.831. The Hall–Kier alpha value is -0.0600. The van der Waals surface area contributed by atoms with Crippen LogP contribution in [0.25, 0.3) is 0 Å². The summed E-state index contributed by atoms with van der Waals surface area (Å²) in [5.41, 5.74) is 1.26. The van der Waals surface area contributed by atoms with Crippen molar-refractivity contribution < 1.29 is 0 Å². The summed E-state index contributed by atoms with van der Waals surface area (Å²) in [6.45, 7) is 1.03. The van der Waals surface area contributed by atoms with E-state index in [9.17, 15) is 0 Å². The SMILES string of the molecule is CNCCc1csc(CC2CCCCS2)n1. The van der Waals surface area contributed by atoms with Crippen LogP contribution in [0.4, 0.5) is 0 Å². The molecule has 1 aromatic heterocycles. The summed E-state index contributed by atoms with van der Waals surface area (Å²) in [5, 5.41) is 7.56. The molecule has 0 spiro atoms. The number of nitrogens with one attached hydrogen (secondary N) is 1. The molecule has 2 heterocycles. The third-order valence-electron chi connectivity index (χ3n) is 2.91. The van der Waals surface area contributed by atoms with Gasteiger partial charge in [0.15, 0.2) is 0 Å². The molecule has 4 heteroatoms. The predicted molar refractivity (Wildman–Crippen MR) is 73.5 cm³/mol. The van der Waals surface area contributed by atoms with E-state index >= 15 is 0 Å². The van der Waals surface area contributed by atoms with E-state index in [0.29, 0.717) is 0 Å². The van der Waals surface area contributed by atoms with Crippen LogP contribution in [0.5, 0.6) is 0 Å². The number of thioether (sulfide) groups is 1. The first kappa shape index (κ1) is 12.4. The number of hydrogen-bond acceptors (Lipinski definition) is 4. The lowest BCUT2D eigenvalue weighted by Gasteiger charge is -2.19. The standard InChI is InChI=1S/C12H20N2S2/c1-13-6-5-10-9-16-12(14-10)8-11-4-2-3-7-15-11/h9,11,13H,2-8H2,1H3. The molecule has 1 atom stereocenters. The van der Waals surface area contributed by atoms with Gasteiger partial charge in [-0.15, -0.1) is 11.3 Å². The Kier molecular flexibility index (Phi) is 5.13. The molecule has 0 amide bonds. The average molecular weight is 256 g/mol. The van der Waals surface area contributed by atoms with Gasteiger partial charge in [0.25, 0.3) is 0 Å². The zero-order valence-corrected chi connectivity index (χ0v) is 11.5. The smallest absolute Gasteiger partial charge is 0.0939 e. The zero-order valence-electron chi connectivity index (χ0n) is 9.87. The van der Waals surface area contributed by atoms with Crippen molar-refractivity contribution in [3.05, 3.63) is 16.1 Å². The van der Waals surface area contributed by atoms with E-state index in [1.165, 1.54) is 42.1 Å². The summed E-state index contributed by atoms with van der Waals surface area (Å²) in [5.74, 6) is 1.35. The van der Waals surface area contributed by atoms with Gasteiger partial charge in [-0.1, -0.05) is 6.42 Å². The van der Waals surface area contributed by atoms with Crippen molar-refractivity contribution in [3.63, 3.8) is 0 Å². The minimum Gasteiger partial charge on any atom is -0.319 e. The van der Waals surface area contributed by atoms with Crippen LogP contribution in [0.2, 0.25) is 0 Å². The third-order valence-corrected chi connectivity index (χ3v) is 5.22. The van der Waals surface area contributed by atoms with Crippen molar-refractivity contribution in [2.75, 3.05) is 19.3 Å². The maximum atomic E-state index is 4.71. The first-order chi connectivity index (χ1) is 7.88. The number of thiazole rings is 1. The lowest BCUT2D eigenvalue weighted by atomic mass is 10.1. The van der Waals surface area contributed by atoms with Gasteiger partial charge in [-0.25, -0.2) is 4.98 Å². The van der Waals surface area contributed by atoms with Crippen molar-refractivity contribution >= 4 is 23.1 Å². The third kappa shape index (κ3) is 3.75. The van der Waals surface area contributed by atoms with Gasteiger partial charge < -0.3 is 5.32 Å². The van der Waals surface area contributed by atoms with Gasteiger partial charge in [0.2, 0.25) is 0 Å². The Labute approximate surface area is 106 Å². The van der Waals surface area contributed by atoms with E-state index in [2.05, 4.69) is 22.5 Å². The Morgan fingerprint density at radius 3 is 3.19 bits per heavy atom. The van der Waals surface area contributed by atoms with Gasteiger partial charge in [0.1, 0.15) is 0 Å². The van der Waals surface area contributed by atoms with E-state index in [0.717, 1.165) is 18.2 Å².